The molecule has 1 amide bonds. The summed E-state index contributed by atoms with van der Waals surface area (Å²) < 4.78 is 12.0. The summed E-state index contributed by atoms with van der Waals surface area (Å²) in [7, 11) is 0. The Bertz CT molecular complexity index is 1010. The lowest BCUT2D eigenvalue weighted by Crippen LogP contribution is -2.24. The maximum atomic E-state index is 12.0. The average Bonchev–Trinajstić information content (AvgIpc) is 2.80. The molecule has 6 heteroatoms. The molecule has 3 rings (SSSR count). The molecule has 0 fully saturated rings. The highest BCUT2D eigenvalue weighted by atomic mass is 79.9. The first kappa shape index (κ1) is 22.6. The summed E-state index contributed by atoms with van der Waals surface area (Å²) in [4.78, 5) is 12.0. The summed E-state index contributed by atoms with van der Waals surface area (Å²) in [6, 6.07) is 23.4. The van der Waals surface area contributed by atoms with E-state index in [0.717, 1.165) is 39.8 Å². The van der Waals surface area contributed by atoms with Gasteiger partial charge in [-0.2, -0.15) is 5.10 Å². The van der Waals surface area contributed by atoms with E-state index < -0.39 is 0 Å². The number of hydrogen-bond donors (Lipinski definition) is 1. The first-order chi connectivity index (χ1) is 15.2. The number of nitrogens with one attached hydrogen (secondary N) is 1. The van der Waals surface area contributed by atoms with Crippen molar-refractivity contribution in [3.63, 3.8) is 0 Å². The molecule has 0 heterocycles. The number of carbonyl (C=O) groups is 1. The standard InChI is InChI=1S/C25H25BrN2O3/c1-2-3-15-30-22-12-9-19(10-13-22)17-27-28-25(29)18-31-24-14-11-21(16-23(24)26)20-7-5-4-6-8-20/h4-14,16-17H,2-3,15,18H2,1H3,(H,28,29)/b27-17+. The monoisotopic (exact) mass is 480 g/mol. The van der Waals surface area contributed by atoms with Crippen LogP contribution in [0.2, 0.25) is 0 Å². The van der Waals surface area contributed by atoms with E-state index in [4.69, 9.17) is 9.47 Å². The van der Waals surface area contributed by atoms with Gasteiger partial charge in [0.05, 0.1) is 17.3 Å². The van der Waals surface area contributed by atoms with Crippen LogP contribution in [0.1, 0.15) is 25.3 Å². The third kappa shape index (κ3) is 7.26. The maximum absolute atomic E-state index is 12.0. The van der Waals surface area contributed by atoms with Crippen molar-refractivity contribution in [3.05, 3.63) is 82.8 Å². The van der Waals surface area contributed by atoms with Crippen molar-refractivity contribution in [2.75, 3.05) is 13.2 Å². The minimum Gasteiger partial charge on any atom is -0.494 e. The molecule has 0 aliphatic rings. The predicted octanol–water partition coefficient (Wildman–Crippen LogP) is 5.82. The Balaban J connectivity index is 1.46. The number of unbranched alkanes of at least 4 members (excludes halogenated alkanes) is 1. The Hall–Kier alpha value is -3.12. The van der Waals surface area contributed by atoms with Gasteiger partial charge in [0, 0.05) is 0 Å². The SMILES string of the molecule is CCCCOc1ccc(/C=N/NC(=O)COc2ccc(-c3ccccc3)cc2Br)cc1. The second-order valence-corrected chi connectivity index (χ2v) is 7.72. The lowest BCUT2D eigenvalue weighted by Gasteiger charge is -2.09. The van der Waals surface area contributed by atoms with Gasteiger partial charge in [0.2, 0.25) is 0 Å². The summed E-state index contributed by atoms with van der Waals surface area (Å²) in [5.41, 5.74) is 5.52. The molecule has 160 valence electrons. The van der Waals surface area contributed by atoms with E-state index in [-0.39, 0.29) is 12.5 Å². The Morgan fingerprint density at radius 3 is 2.48 bits per heavy atom. The van der Waals surface area contributed by atoms with E-state index in [1.165, 1.54) is 0 Å². The van der Waals surface area contributed by atoms with Gasteiger partial charge in [-0.05, 0) is 75.4 Å². The zero-order valence-electron chi connectivity index (χ0n) is 17.4. The molecule has 3 aromatic rings. The van der Waals surface area contributed by atoms with Crippen molar-refractivity contribution in [2.24, 2.45) is 5.10 Å². The number of hydrazone groups is 1. The Kier molecular flexibility index (Phi) is 8.67. The molecule has 0 spiro atoms. The van der Waals surface area contributed by atoms with Gasteiger partial charge in [-0.15, -0.1) is 0 Å². The molecular weight excluding hydrogens is 456 g/mol. The summed E-state index contributed by atoms with van der Waals surface area (Å²) in [5.74, 6) is 1.08. The fraction of sp³-hybridized carbons (Fsp3) is 0.200. The molecule has 3 aromatic carbocycles. The maximum Gasteiger partial charge on any atom is 0.277 e. The van der Waals surface area contributed by atoms with Crippen LogP contribution in [0.25, 0.3) is 11.1 Å². The van der Waals surface area contributed by atoms with E-state index >= 15 is 0 Å². The molecular formula is C25H25BrN2O3. The third-order valence-electron chi connectivity index (χ3n) is 4.45. The number of ether oxygens (including phenoxy) is 2. The van der Waals surface area contributed by atoms with Gasteiger partial charge < -0.3 is 9.47 Å². The quantitative estimate of drug-likeness (QED) is 0.225. The number of benzene rings is 3. The zero-order valence-corrected chi connectivity index (χ0v) is 19.0. The molecule has 0 unspecified atom stereocenters. The van der Waals surface area contributed by atoms with Gasteiger partial charge in [0.1, 0.15) is 11.5 Å². The minimum absolute atomic E-state index is 0.134. The molecule has 0 saturated heterocycles. The van der Waals surface area contributed by atoms with Crippen molar-refractivity contribution in [2.45, 2.75) is 19.8 Å². The molecule has 5 nitrogen and oxygen atoms in total. The highest BCUT2D eigenvalue weighted by molar-refractivity contribution is 9.10. The van der Waals surface area contributed by atoms with Crippen molar-refractivity contribution in [1.82, 2.24) is 5.43 Å². The lowest BCUT2D eigenvalue weighted by molar-refractivity contribution is -0.123. The average molecular weight is 481 g/mol. The molecule has 1 N–H and O–H groups in total. The molecule has 0 aliphatic carbocycles. The highest BCUT2D eigenvalue weighted by Gasteiger charge is 2.07. The van der Waals surface area contributed by atoms with Crippen LogP contribution in [-0.2, 0) is 4.79 Å². The van der Waals surface area contributed by atoms with Crippen LogP contribution < -0.4 is 14.9 Å². The van der Waals surface area contributed by atoms with Crippen molar-refractivity contribution < 1.29 is 14.3 Å². The van der Waals surface area contributed by atoms with Crippen LogP contribution >= 0.6 is 15.9 Å². The Labute approximate surface area is 191 Å². The van der Waals surface area contributed by atoms with Crippen LogP contribution in [0.15, 0.2) is 82.4 Å². The Morgan fingerprint density at radius 1 is 1.00 bits per heavy atom. The van der Waals surface area contributed by atoms with E-state index in [2.05, 4.69) is 33.4 Å². The number of rotatable bonds is 10. The van der Waals surface area contributed by atoms with Gasteiger partial charge in [0.25, 0.3) is 5.91 Å². The van der Waals surface area contributed by atoms with Crippen molar-refractivity contribution in [1.29, 1.82) is 0 Å². The van der Waals surface area contributed by atoms with Crippen LogP contribution in [0.4, 0.5) is 0 Å². The van der Waals surface area contributed by atoms with Crippen LogP contribution in [0.5, 0.6) is 11.5 Å². The van der Waals surface area contributed by atoms with Gasteiger partial charge in [-0.3, -0.25) is 4.79 Å². The van der Waals surface area contributed by atoms with Gasteiger partial charge in [0.15, 0.2) is 6.61 Å². The smallest absolute Gasteiger partial charge is 0.277 e. The summed E-state index contributed by atoms with van der Waals surface area (Å²) in [6.07, 6.45) is 3.72. The molecule has 0 radical (unpaired) electrons. The van der Waals surface area contributed by atoms with E-state index in [1.54, 1.807) is 6.21 Å². The second kappa shape index (κ2) is 11.9. The number of carbonyl (C=O) groups excluding carboxylic acids is 1. The molecule has 0 saturated carbocycles. The summed E-state index contributed by atoms with van der Waals surface area (Å²) in [5, 5.41) is 3.98. The number of nitrogens with zero attached hydrogens (tertiary/aromatic N) is 1. The fourth-order valence-electron chi connectivity index (χ4n) is 2.77. The van der Waals surface area contributed by atoms with Gasteiger partial charge in [-0.1, -0.05) is 49.7 Å². The van der Waals surface area contributed by atoms with E-state index in [0.29, 0.717) is 12.4 Å². The number of halogens is 1. The Morgan fingerprint density at radius 2 is 1.77 bits per heavy atom. The first-order valence-corrected chi connectivity index (χ1v) is 11.0. The molecule has 0 bridgehead atoms. The van der Waals surface area contributed by atoms with E-state index in [9.17, 15) is 4.79 Å². The van der Waals surface area contributed by atoms with Crippen LogP contribution in [0, 0.1) is 0 Å². The van der Waals surface area contributed by atoms with Crippen molar-refractivity contribution >= 4 is 28.1 Å². The predicted molar refractivity (Wildman–Crippen MR) is 128 cm³/mol. The molecule has 31 heavy (non-hydrogen) atoms. The van der Waals surface area contributed by atoms with E-state index in [1.807, 2.05) is 72.8 Å². The fourth-order valence-corrected chi connectivity index (χ4v) is 3.26. The van der Waals surface area contributed by atoms with Crippen molar-refractivity contribution in [3.8, 4) is 22.6 Å². The normalized spacial score (nSPS) is 10.8. The number of amides is 1. The largest absolute Gasteiger partial charge is 0.494 e. The van der Waals surface area contributed by atoms with Crippen LogP contribution in [-0.4, -0.2) is 25.3 Å². The lowest BCUT2D eigenvalue weighted by atomic mass is 10.1. The van der Waals surface area contributed by atoms with Crippen LogP contribution in [0.3, 0.4) is 0 Å². The number of hydrogen-bond acceptors (Lipinski definition) is 4. The van der Waals surface area contributed by atoms with Gasteiger partial charge >= 0.3 is 0 Å². The minimum atomic E-state index is -0.338. The van der Waals surface area contributed by atoms with Gasteiger partial charge in [-0.25, -0.2) is 5.43 Å². The first-order valence-electron chi connectivity index (χ1n) is 10.2. The summed E-state index contributed by atoms with van der Waals surface area (Å²) in [6.45, 7) is 2.71. The summed E-state index contributed by atoms with van der Waals surface area (Å²) >= 11 is 3.51. The molecule has 0 atom stereocenters. The molecule has 0 aliphatic heterocycles. The third-order valence-corrected chi connectivity index (χ3v) is 5.07. The topological polar surface area (TPSA) is 59.9 Å². The second-order valence-electron chi connectivity index (χ2n) is 6.86. The highest BCUT2D eigenvalue weighted by Crippen LogP contribution is 2.30. The molecule has 0 aromatic heterocycles. The zero-order chi connectivity index (χ0) is 21.9.